The number of ether oxygens (including phenoxy) is 1. The Bertz CT molecular complexity index is 152. The monoisotopic (exact) mass is 154 g/mol. The number of ketones is 1. The van der Waals surface area contributed by atoms with E-state index in [0.29, 0.717) is 13.0 Å². The molecule has 0 aliphatic heterocycles. The van der Waals surface area contributed by atoms with Crippen molar-refractivity contribution in [3.63, 3.8) is 0 Å². The quantitative estimate of drug-likeness (QED) is 0.551. The van der Waals surface area contributed by atoms with Crippen LogP contribution in [0.1, 0.15) is 13.3 Å². The van der Waals surface area contributed by atoms with Crippen LogP contribution in [-0.4, -0.2) is 26.8 Å². The summed E-state index contributed by atoms with van der Waals surface area (Å²) in [4.78, 5) is 10.7. The van der Waals surface area contributed by atoms with Gasteiger partial charge >= 0.3 is 0 Å². The Kier molecular flexibility index (Phi) is 5.85. The third-order valence-electron chi connectivity index (χ3n) is 1.47. The highest BCUT2D eigenvalue weighted by molar-refractivity contribution is 6.44. The first-order chi connectivity index (χ1) is 5.20. The molecule has 0 atom stereocenters. The van der Waals surface area contributed by atoms with Crippen LogP contribution in [0.3, 0.4) is 0 Å². The maximum absolute atomic E-state index is 10.7. The van der Waals surface area contributed by atoms with E-state index in [0.717, 1.165) is 7.28 Å². The van der Waals surface area contributed by atoms with Gasteiger partial charge in [-0.1, -0.05) is 12.9 Å². The molecule has 0 aliphatic carbocycles. The zero-order chi connectivity index (χ0) is 8.69. The molecule has 0 fully saturated rings. The van der Waals surface area contributed by atoms with Crippen LogP contribution in [0.25, 0.3) is 0 Å². The van der Waals surface area contributed by atoms with Crippen molar-refractivity contribution in [1.82, 2.24) is 0 Å². The van der Waals surface area contributed by atoms with Crippen LogP contribution in [-0.2, 0) is 9.53 Å². The van der Waals surface area contributed by atoms with Gasteiger partial charge in [-0.25, -0.2) is 0 Å². The number of hydrogen-bond donors (Lipinski definition) is 0. The van der Waals surface area contributed by atoms with E-state index in [1.54, 1.807) is 14.0 Å². The van der Waals surface area contributed by atoms with Crippen molar-refractivity contribution < 1.29 is 9.53 Å². The van der Waals surface area contributed by atoms with Gasteiger partial charge in [-0.2, -0.15) is 0 Å². The zero-order valence-corrected chi connectivity index (χ0v) is 7.52. The van der Waals surface area contributed by atoms with E-state index in [-0.39, 0.29) is 5.78 Å². The lowest BCUT2D eigenvalue weighted by molar-refractivity contribution is -0.116. The number of methoxy groups -OCH3 is 1. The summed E-state index contributed by atoms with van der Waals surface area (Å²) >= 11 is 0. The molecule has 0 aromatic heterocycles. The standard InChI is InChI=1S/C8H15BO2/c1-7(10)6-8(9-2)4-5-11-3/h4,9H,5-6H2,1-3H3/b8-4-. The van der Waals surface area contributed by atoms with Gasteiger partial charge in [0.2, 0.25) is 0 Å². The molecule has 0 unspecified atom stereocenters. The third-order valence-corrected chi connectivity index (χ3v) is 1.47. The molecular formula is C8H15BO2. The lowest BCUT2D eigenvalue weighted by Crippen LogP contribution is -2.00. The van der Waals surface area contributed by atoms with Crippen molar-refractivity contribution in [3.8, 4) is 0 Å². The van der Waals surface area contributed by atoms with Crippen LogP contribution >= 0.6 is 0 Å². The predicted molar refractivity (Wildman–Crippen MR) is 48.3 cm³/mol. The van der Waals surface area contributed by atoms with Gasteiger partial charge in [0.25, 0.3) is 0 Å². The van der Waals surface area contributed by atoms with Crippen molar-refractivity contribution in [1.29, 1.82) is 0 Å². The summed E-state index contributed by atoms with van der Waals surface area (Å²) in [5.41, 5.74) is 1.17. The molecule has 0 spiro atoms. The number of rotatable bonds is 5. The first kappa shape index (κ1) is 10.4. The van der Waals surface area contributed by atoms with E-state index >= 15 is 0 Å². The second-order valence-corrected chi connectivity index (χ2v) is 2.55. The van der Waals surface area contributed by atoms with E-state index in [1.165, 1.54) is 5.47 Å². The topological polar surface area (TPSA) is 26.3 Å². The van der Waals surface area contributed by atoms with E-state index in [2.05, 4.69) is 0 Å². The second kappa shape index (κ2) is 6.16. The number of hydrogen-bond acceptors (Lipinski definition) is 2. The van der Waals surface area contributed by atoms with Crippen LogP contribution in [0.15, 0.2) is 11.5 Å². The van der Waals surface area contributed by atoms with Gasteiger partial charge in [-0.15, -0.1) is 5.47 Å². The molecule has 0 rings (SSSR count). The fraction of sp³-hybridized carbons (Fsp3) is 0.625. The summed E-state index contributed by atoms with van der Waals surface area (Å²) in [5, 5.41) is 0. The Hall–Kier alpha value is -0.565. The van der Waals surface area contributed by atoms with Crippen LogP contribution in [0.5, 0.6) is 0 Å². The highest BCUT2D eigenvalue weighted by Gasteiger charge is 1.98. The molecule has 0 bridgehead atoms. The van der Waals surface area contributed by atoms with E-state index in [1.807, 2.05) is 12.9 Å². The number of allylic oxidation sites excluding steroid dienone is 1. The zero-order valence-electron chi connectivity index (χ0n) is 7.52. The van der Waals surface area contributed by atoms with Gasteiger partial charge in [-0.05, 0) is 6.92 Å². The highest BCUT2D eigenvalue weighted by Crippen LogP contribution is 1.99. The first-order valence-corrected chi connectivity index (χ1v) is 3.87. The Morgan fingerprint density at radius 1 is 1.64 bits per heavy atom. The van der Waals surface area contributed by atoms with Crippen LogP contribution in [0.4, 0.5) is 0 Å². The van der Waals surface area contributed by atoms with Crippen LogP contribution < -0.4 is 0 Å². The minimum absolute atomic E-state index is 0.217. The molecular weight excluding hydrogens is 139 g/mol. The average Bonchev–Trinajstić information content (AvgIpc) is 1.97. The Labute approximate surface area is 68.9 Å². The van der Waals surface area contributed by atoms with Gasteiger partial charge in [0.05, 0.1) is 6.61 Å². The van der Waals surface area contributed by atoms with Gasteiger partial charge in [0, 0.05) is 13.5 Å². The van der Waals surface area contributed by atoms with Gasteiger partial charge in [-0.3, -0.25) is 4.79 Å². The lowest BCUT2D eigenvalue weighted by atomic mass is 9.70. The average molecular weight is 154 g/mol. The van der Waals surface area contributed by atoms with Crippen molar-refractivity contribution >= 4 is 13.1 Å². The first-order valence-electron chi connectivity index (χ1n) is 3.87. The molecule has 3 heteroatoms. The maximum atomic E-state index is 10.7. The Morgan fingerprint density at radius 3 is 2.64 bits per heavy atom. The molecule has 0 radical (unpaired) electrons. The van der Waals surface area contributed by atoms with E-state index in [9.17, 15) is 4.79 Å². The van der Waals surface area contributed by atoms with Crippen LogP contribution in [0.2, 0.25) is 6.82 Å². The van der Waals surface area contributed by atoms with Gasteiger partial charge < -0.3 is 4.74 Å². The molecule has 11 heavy (non-hydrogen) atoms. The summed E-state index contributed by atoms with van der Waals surface area (Å²) < 4.78 is 4.87. The van der Waals surface area contributed by atoms with Gasteiger partial charge in [0.1, 0.15) is 13.1 Å². The summed E-state index contributed by atoms with van der Waals surface area (Å²) in [7, 11) is 2.58. The fourth-order valence-corrected chi connectivity index (χ4v) is 0.862. The molecule has 0 heterocycles. The minimum Gasteiger partial charge on any atom is -0.381 e. The number of Topliss-reactive ketones (excluding diaryl/α,β-unsaturated/α-hetero) is 1. The second-order valence-electron chi connectivity index (χ2n) is 2.55. The molecule has 0 saturated heterocycles. The van der Waals surface area contributed by atoms with Crippen molar-refractivity contribution in [2.24, 2.45) is 0 Å². The summed E-state index contributed by atoms with van der Waals surface area (Å²) in [6.07, 6.45) is 2.54. The SMILES string of the molecule is CB/C(=C\COC)CC(C)=O. The van der Waals surface area contributed by atoms with Crippen LogP contribution in [0, 0.1) is 0 Å². The normalized spacial score (nSPS) is 11.4. The summed E-state index contributed by atoms with van der Waals surface area (Å²) in [6.45, 7) is 4.26. The molecule has 0 saturated carbocycles. The Balaban J connectivity index is 3.83. The molecule has 0 aliphatic rings. The van der Waals surface area contributed by atoms with Gasteiger partial charge in [0.15, 0.2) is 0 Å². The Morgan fingerprint density at radius 2 is 2.27 bits per heavy atom. The molecule has 0 amide bonds. The molecule has 0 aromatic rings. The lowest BCUT2D eigenvalue weighted by Gasteiger charge is -1.99. The largest absolute Gasteiger partial charge is 0.381 e. The number of carbonyl (C=O) groups excluding carboxylic acids is 1. The minimum atomic E-state index is 0.217. The third kappa shape index (κ3) is 5.86. The van der Waals surface area contributed by atoms with Crippen molar-refractivity contribution in [2.45, 2.75) is 20.2 Å². The maximum Gasteiger partial charge on any atom is 0.149 e. The molecule has 0 N–H and O–H groups in total. The molecule has 2 nitrogen and oxygen atoms in total. The predicted octanol–water partition coefficient (Wildman–Crippen LogP) is 0.980. The number of carbonyl (C=O) groups is 1. The van der Waals surface area contributed by atoms with E-state index in [4.69, 9.17) is 4.74 Å². The van der Waals surface area contributed by atoms with Crippen molar-refractivity contribution in [3.05, 3.63) is 11.5 Å². The molecule has 0 aromatic carbocycles. The summed E-state index contributed by atoms with van der Waals surface area (Å²) in [6, 6.07) is 0. The smallest absolute Gasteiger partial charge is 0.149 e. The van der Waals surface area contributed by atoms with Crippen molar-refractivity contribution in [2.75, 3.05) is 13.7 Å². The summed E-state index contributed by atoms with van der Waals surface area (Å²) in [5.74, 6) is 0.217. The fourth-order valence-electron chi connectivity index (χ4n) is 0.862. The molecule has 62 valence electrons. The van der Waals surface area contributed by atoms with E-state index < -0.39 is 0 Å². The highest BCUT2D eigenvalue weighted by atomic mass is 16.5.